The molecule has 1 N–H and O–H groups in total. The molecule has 3 nitrogen and oxygen atoms in total. The number of hydrogen-bond acceptors (Lipinski definition) is 3. The average molecular weight is 256 g/mol. The topological polar surface area (TPSA) is 32.7 Å². The molecule has 0 amide bonds. The third kappa shape index (κ3) is 3.12. The van der Waals surface area contributed by atoms with E-state index in [0.717, 1.165) is 44.0 Å². The fourth-order valence-electron chi connectivity index (χ4n) is 2.03. The lowest BCUT2D eigenvalue weighted by Gasteiger charge is -2.23. The van der Waals surface area contributed by atoms with E-state index < -0.39 is 6.10 Å². The maximum absolute atomic E-state index is 9.50. The number of nitrogens with zero attached hydrogens (tertiary/aromatic N) is 1. The summed E-state index contributed by atoms with van der Waals surface area (Å²) >= 11 is 6.27. The lowest BCUT2D eigenvalue weighted by molar-refractivity contribution is 0.152. The van der Waals surface area contributed by atoms with Crippen molar-refractivity contribution in [1.29, 1.82) is 0 Å². The van der Waals surface area contributed by atoms with Gasteiger partial charge < -0.3 is 14.7 Å². The summed E-state index contributed by atoms with van der Waals surface area (Å²) in [5, 5.41) is 10.2. The van der Waals surface area contributed by atoms with Gasteiger partial charge in [0.15, 0.2) is 0 Å². The van der Waals surface area contributed by atoms with Gasteiger partial charge in [-0.2, -0.15) is 0 Å². The smallest absolute Gasteiger partial charge is 0.0762 e. The average Bonchev–Trinajstić information content (AvgIpc) is 2.57. The Balaban J connectivity index is 2.19. The normalized spacial score (nSPS) is 18.9. The molecule has 0 aliphatic carbocycles. The van der Waals surface area contributed by atoms with Crippen LogP contribution in [-0.4, -0.2) is 31.4 Å². The maximum atomic E-state index is 9.50. The number of aliphatic hydroxyl groups is 1. The van der Waals surface area contributed by atoms with E-state index in [4.69, 9.17) is 16.3 Å². The van der Waals surface area contributed by atoms with Crippen molar-refractivity contribution < 1.29 is 9.84 Å². The first-order valence-corrected chi connectivity index (χ1v) is 6.36. The molecule has 0 saturated carbocycles. The summed E-state index contributed by atoms with van der Waals surface area (Å²) in [6.07, 6.45) is 0.545. The van der Waals surface area contributed by atoms with E-state index >= 15 is 0 Å². The van der Waals surface area contributed by atoms with Crippen LogP contribution >= 0.6 is 11.6 Å². The van der Waals surface area contributed by atoms with Gasteiger partial charge in [0.05, 0.1) is 23.4 Å². The molecule has 1 saturated heterocycles. The van der Waals surface area contributed by atoms with Crippen molar-refractivity contribution in [2.75, 3.05) is 31.2 Å². The molecule has 17 heavy (non-hydrogen) atoms. The summed E-state index contributed by atoms with van der Waals surface area (Å²) in [5.74, 6) is 0. The van der Waals surface area contributed by atoms with Gasteiger partial charge in [0.25, 0.3) is 0 Å². The zero-order valence-electron chi connectivity index (χ0n) is 10.0. The minimum atomic E-state index is -0.478. The Morgan fingerprint density at radius 3 is 2.88 bits per heavy atom. The Morgan fingerprint density at radius 2 is 2.18 bits per heavy atom. The lowest BCUT2D eigenvalue weighted by Crippen LogP contribution is -2.26. The van der Waals surface area contributed by atoms with Gasteiger partial charge in [-0.1, -0.05) is 17.7 Å². The lowest BCUT2D eigenvalue weighted by atomic mass is 10.1. The Bertz CT molecular complexity index is 374. The molecule has 1 atom stereocenters. The molecule has 1 aliphatic heterocycles. The Kier molecular flexibility index (Phi) is 4.26. The molecule has 0 spiro atoms. The van der Waals surface area contributed by atoms with Crippen LogP contribution in [0.4, 0.5) is 5.69 Å². The molecule has 2 rings (SSSR count). The zero-order valence-corrected chi connectivity index (χ0v) is 10.8. The number of ether oxygens (including phenoxy) is 1. The fraction of sp³-hybridized carbons (Fsp3) is 0.538. The molecular weight excluding hydrogens is 238 g/mol. The van der Waals surface area contributed by atoms with Crippen molar-refractivity contribution in [1.82, 2.24) is 0 Å². The first-order valence-electron chi connectivity index (χ1n) is 5.98. The SMILES string of the molecule is C[C@@H](O)c1ccc(N2CCCOCC2)c(Cl)c1. The Morgan fingerprint density at radius 1 is 1.35 bits per heavy atom. The molecule has 0 radical (unpaired) electrons. The van der Waals surface area contributed by atoms with Gasteiger partial charge in [0, 0.05) is 19.7 Å². The molecule has 0 aromatic heterocycles. The van der Waals surface area contributed by atoms with E-state index in [2.05, 4.69) is 4.90 Å². The molecule has 1 aromatic rings. The quantitative estimate of drug-likeness (QED) is 0.882. The molecular formula is C13H18ClNO2. The predicted octanol–water partition coefficient (Wildman–Crippen LogP) is 2.62. The van der Waals surface area contributed by atoms with E-state index in [0.29, 0.717) is 5.02 Å². The highest BCUT2D eigenvalue weighted by atomic mass is 35.5. The molecule has 0 bridgehead atoms. The summed E-state index contributed by atoms with van der Waals surface area (Å²) in [5.41, 5.74) is 1.88. The molecule has 94 valence electrons. The van der Waals surface area contributed by atoms with E-state index in [9.17, 15) is 5.11 Å². The van der Waals surface area contributed by atoms with Crippen LogP contribution in [0.25, 0.3) is 0 Å². The van der Waals surface area contributed by atoms with Gasteiger partial charge in [-0.15, -0.1) is 0 Å². The van der Waals surface area contributed by atoms with E-state index in [-0.39, 0.29) is 0 Å². The second-order valence-electron chi connectivity index (χ2n) is 4.34. The minimum Gasteiger partial charge on any atom is -0.389 e. The monoisotopic (exact) mass is 255 g/mol. The number of halogens is 1. The van der Waals surface area contributed by atoms with Crippen LogP contribution in [0.1, 0.15) is 25.0 Å². The summed E-state index contributed by atoms with van der Waals surface area (Å²) in [7, 11) is 0. The predicted molar refractivity (Wildman–Crippen MR) is 69.7 cm³/mol. The van der Waals surface area contributed by atoms with Crippen molar-refractivity contribution in [3.8, 4) is 0 Å². The Hall–Kier alpha value is -0.770. The number of rotatable bonds is 2. The minimum absolute atomic E-state index is 0.478. The fourth-order valence-corrected chi connectivity index (χ4v) is 2.33. The highest BCUT2D eigenvalue weighted by molar-refractivity contribution is 6.33. The van der Waals surface area contributed by atoms with E-state index in [1.807, 2.05) is 18.2 Å². The summed E-state index contributed by atoms with van der Waals surface area (Å²) in [4.78, 5) is 2.24. The second kappa shape index (κ2) is 5.71. The van der Waals surface area contributed by atoms with Gasteiger partial charge in [0.1, 0.15) is 0 Å². The van der Waals surface area contributed by atoms with Crippen molar-refractivity contribution in [2.45, 2.75) is 19.4 Å². The molecule has 1 aliphatic rings. The van der Waals surface area contributed by atoms with Gasteiger partial charge in [-0.25, -0.2) is 0 Å². The van der Waals surface area contributed by atoms with Gasteiger partial charge >= 0.3 is 0 Å². The van der Waals surface area contributed by atoms with Crippen LogP contribution in [0.5, 0.6) is 0 Å². The zero-order chi connectivity index (χ0) is 12.3. The highest BCUT2D eigenvalue weighted by Gasteiger charge is 2.14. The number of anilines is 1. The van der Waals surface area contributed by atoms with E-state index in [1.54, 1.807) is 6.92 Å². The van der Waals surface area contributed by atoms with Crippen LogP contribution in [-0.2, 0) is 4.74 Å². The van der Waals surface area contributed by atoms with Gasteiger partial charge in [-0.3, -0.25) is 0 Å². The van der Waals surface area contributed by atoms with Crippen molar-refractivity contribution in [2.24, 2.45) is 0 Å². The van der Waals surface area contributed by atoms with Gasteiger partial charge in [-0.05, 0) is 31.0 Å². The molecule has 0 unspecified atom stereocenters. The van der Waals surface area contributed by atoms with Crippen molar-refractivity contribution in [3.63, 3.8) is 0 Å². The number of hydrogen-bond donors (Lipinski definition) is 1. The van der Waals surface area contributed by atoms with Crippen LogP contribution in [0.15, 0.2) is 18.2 Å². The largest absolute Gasteiger partial charge is 0.389 e. The van der Waals surface area contributed by atoms with Crippen LogP contribution in [0, 0.1) is 0 Å². The standard InChI is InChI=1S/C13H18ClNO2/c1-10(16)11-3-4-13(12(14)9-11)15-5-2-7-17-8-6-15/h3-4,9-10,16H,2,5-8H2,1H3/t10-/m1/s1. The van der Waals surface area contributed by atoms with E-state index in [1.165, 1.54) is 0 Å². The molecule has 1 fully saturated rings. The van der Waals surface area contributed by atoms with Crippen LogP contribution in [0.3, 0.4) is 0 Å². The first kappa shape index (κ1) is 12.7. The highest BCUT2D eigenvalue weighted by Crippen LogP contribution is 2.29. The summed E-state index contributed by atoms with van der Waals surface area (Å²) < 4.78 is 5.42. The van der Waals surface area contributed by atoms with Gasteiger partial charge in [0.2, 0.25) is 0 Å². The Labute approximate surface area is 107 Å². The second-order valence-corrected chi connectivity index (χ2v) is 4.75. The molecule has 1 aromatic carbocycles. The van der Waals surface area contributed by atoms with Crippen LogP contribution < -0.4 is 4.90 Å². The number of aliphatic hydroxyl groups excluding tert-OH is 1. The number of benzene rings is 1. The molecule has 1 heterocycles. The third-order valence-corrected chi connectivity index (χ3v) is 3.32. The van der Waals surface area contributed by atoms with Crippen LogP contribution in [0.2, 0.25) is 5.02 Å². The third-order valence-electron chi connectivity index (χ3n) is 3.02. The van der Waals surface area contributed by atoms with Crippen molar-refractivity contribution in [3.05, 3.63) is 28.8 Å². The summed E-state index contributed by atoms with van der Waals surface area (Å²) in [6, 6.07) is 5.75. The maximum Gasteiger partial charge on any atom is 0.0762 e. The van der Waals surface area contributed by atoms with Crippen molar-refractivity contribution >= 4 is 17.3 Å². The summed E-state index contributed by atoms with van der Waals surface area (Å²) in [6.45, 7) is 5.14. The molecule has 4 heteroatoms. The first-order chi connectivity index (χ1) is 8.18.